The van der Waals surface area contributed by atoms with Crippen molar-refractivity contribution in [2.45, 2.75) is 31.7 Å². The highest BCUT2D eigenvalue weighted by Gasteiger charge is 2.18. The van der Waals surface area contributed by atoms with Gasteiger partial charge in [0, 0.05) is 18.2 Å². The molecule has 1 aromatic carbocycles. The maximum absolute atomic E-state index is 10.7. The molecule has 92 valence electrons. The first-order valence-corrected chi connectivity index (χ1v) is 5.79. The predicted molar refractivity (Wildman–Crippen MR) is 65.5 cm³/mol. The Hall–Kier alpha value is -1.78. The third-order valence-corrected chi connectivity index (χ3v) is 3.11. The lowest BCUT2D eigenvalue weighted by Gasteiger charge is -2.16. The fourth-order valence-electron chi connectivity index (χ4n) is 2.21. The molecule has 5 nitrogen and oxygen atoms in total. The van der Waals surface area contributed by atoms with Crippen molar-refractivity contribution in [1.29, 1.82) is 0 Å². The molecule has 1 fully saturated rings. The highest BCUT2D eigenvalue weighted by molar-refractivity contribution is 5.62. The van der Waals surface area contributed by atoms with E-state index in [1.54, 1.807) is 13.2 Å². The van der Waals surface area contributed by atoms with Crippen molar-refractivity contribution in [2.24, 2.45) is 0 Å². The molecule has 0 aliphatic heterocycles. The number of hydrogen-bond acceptors (Lipinski definition) is 4. The molecule has 0 radical (unpaired) electrons. The highest BCUT2D eigenvalue weighted by atomic mass is 16.6. The second-order valence-corrected chi connectivity index (χ2v) is 4.27. The van der Waals surface area contributed by atoms with Crippen molar-refractivity contribution in [1.82, 2.24) is 0 Å². The van der Waals surface area contributed by atoms with E-state index >= 15 is 0 Å². The lowest BCUT2D eigenvalue weighted by molar-refractivity contribution is -0.384. The Kier molecular flexibility index (Phi) is 3.46. The largest absolute Gasteiger partial charge is 0.495 e. The molecule has 0 saturated heterocycles. The Bertz CT molecular complexity index is 414. The van der Waals surface area contributed by atoms with Gasteiger partial charge in [0.05, 0.1) is 17.7 Å². The molecular formula is C12H16N2O3. The van der Waals surface area contributed by atoms with Gasteiger partial charge in [-0.15, -0.1) is 0 Å². The molecule has 0 unspecified atom stereocenters. The second-order valence-electron chi connectivity index (χ2n) is 4.27. The van der Waals surface area contributed by atoms with Gasteiger partial charge in [0.15, 0.2) is 0 Å². The number of rotatable bonds is 4. The number of anilines is 1. The first-order valence-electron chi connectivity index (χ1n) is 5.79. The maximum Gasteiger partial charge on any atom is 0.271 e. The molecule has 0 heterocycles. The van der Waals surface area contributed by atoms with Crippen LogP contribution in [0.4, 0.5) is 11.4 Å². The number of nitrogens with one attached hydrogen (secondary N) is 1. The SMILES string of the molecule is COc1ccc([N+](=O)[O-])cc1NC1CCCC1. The smallest absolute Gasteiger partial charge is 0.271 e. The van der Waals surface area contributed by atoms with Crippen molar-refractivity contribution in [3.8, 4) is 5.75 Å². The first kappa shape index (κ1) is 11.7. The average molecular weight is 236 g/mol. The number of hydrogen-bond donors (Lipinski definition) is 1. The number of benzene rings is 1. The summed E-state index contributed by atoms with van der Waals surface area (Å²) >= 11 is 0. The third kappa shape index (κ3) is 2.67. The van der Waals surface area contributed by atoms with Crippen molar-refractivity contribution in [3.05, 3.63) is 28.3 Å². The Morgan fingerprint density at radius 3 is 2.71 bits per heavy atom. The number of ether oxygens (including phenoxy) is 1. The second kappa shape index (κ2) is 5.03. The zero-order chi connectivity index (χ0) is 12.3. The van der Waals surface area contributed by atoms with E-state index < -0.39 is 0 Å². The van der Waals surface area contributed by atoms with Gasteiger partial charge in [-0.1, -0.05) is 12.8 Å². The van der Waals surface area contributed by atoms with Crippen molar-refractivity contribution in [3.63, 3.8) is 0 Å². The average Bonchev–Trinajstić information content (AvgIpc) is 2.81. The van der Waals surface area contributed by atoms with Gasteiger partial charge in [-0.2, -0.15) is 0 Å². The summed E-state index contributed by atoms with van der Waals surface area (Å²) in [6.07, 6.45) is 4.67. The van der Waals surface area contributed by atoms with Crippen LogP contribution in [0.15, 0.2) is 18.2 Å². The number of nitro groups is 1. The van der Waals surface area contributed by atoms with Gasteiger partial charge in [0.2, 0.25) is 0 Å². The predicted octanol–water partition coefficient (Wildman–Crippen LogP) is 2.96. The van der Waals surface area contributed by atoms with Crippen LogP contribution in [0, 0.1) is 10.1 Å². The summed E-state index contributed by atoms with van der Waals surface area (Å²) in [6.45, 7) is 0. The third-order valence-electron chi connectivity index (χ3n) is 3.11. The van der Waals surface area contributed by atoms with Crippen molar-refractivity contribution < 1.29 is 9.66 Å². The molecule has 0 aromatic heterocycles. The molecule has 2 rings (SSSR count). The van der Waals surface area contributed by atoms with Gasteiger partial charge in [-0.3, -0.25) is 10.1 Å². The van der Waals surface area contributed by atoms with Gasteiger partial charge in [0.1, 0.15) is 5.75 Å². The molecule has 0 amide bonds. The summed E-state index contributed by atoms with van der Waals surface area (Å²) in [4.78, 5) is 10.3. The van der Waals surface area contributed by atoms with Crippen LogP contribution >= 0.6 is 0 Å². The number of nitro benzene ring substituents is 1. The van der Waals surface area contributed by atoms with Crippen LogP contribution in [0.3, 0.4) is 0 Å². The van der Waals surface area contributed by atoms with Crippen molar-refractivity contribution >= 4 is 11.4 Å². The molecule has 0 atom stereocenters. The Morgan fingerprint density at radius 2 is 2.12 bits per heavy atom. The van der Waals surface area contributed by atoms with E-state index in [0.717, 1.165) is 12.8 Å². The van der Waals surface area contributed by atoms with Gasteiger partial charge < -0.3 is 10.1 Å². The molecule has 5 heteroatoms. The van der Waals surface area contributed by atoms with Crippen LogP contribution in [-0.2, 0) is 0 Å². The van der Waals surface area contributed by atoms with Crippen LogP contribution in [0.25, 0.3) is 0 Å². The summed E-state index contributed by atoms with van der Waals surface area (Å²) in [5, 5.41) is 14.1. The van der Waals surface area contributed by atoms with Gasteiger partial charge >= 0.3 is 0 Å². The van der Waals surface area contributed by atoms with E-state index in [0.29, 0.717) is 17.5 Å². The monoisotopic (exact) mass is 236 g/mol. The summed E-state index contributed by atoms with van der Waals surface area (Å²) < 4.78 is 5.21. The van der Waals surface area contributed by atoms with Crippen LogP contribution in [-0.4, -0.2) is 18.1 Å². The zero-order valence-electron chi connectivity index (χ0n) is 9.81. The van der Waals surface area contributed by atoms with E-state index in [4.69, 9.17) is 4.74 Å². The van der Waals surface area contributed by atoms with E-state index in [1.165, 1.54) is 25.0 Å². The molecule has 0 bridgehead atoms. The van der Waals surface area contributed by atoms with Gasteiger partial charge in [-0.25, -0.2) is 0 Å². The number of nitrogens with zero attached hydrogens (tertiary/aromatic N) is 1. The highest BCUT2D eigenvalue weighted by Crippen LogP contribution is 2.31. The van der Waals surface area contributed by atoms with E-state index in [2.05, 4.69) is 5.32 Å². The molecule has 1 aromatic rings. The minimum atomic E-state index is -0.390. The first-order chi connectivity index (χ1) is 8.20. The Labute approximate surface area is 99.9 Å². The summed E-state index contributed by atoms with van der Waals surface area (Å²) in [5.74, 6) is 0.655. The molecular weight excluding hydrogens is 220 g/mol. The van der Waals surface area contributed by atoms with Gasteiger partial charge in [-0.05, 0) is 18.9 Å². The number of methoxy groups -OCH3 is 1. The van der Waals surface area contributed by atoms with Crippen LogP contribution < -0.4 is 10.1 Å². The summed E-state index contributed by atoms with van der Waals surface area (Å²) in [7, 11) is 1.57. The van der Waals surface area contributed by atoms with E-state index in [9.17, 15) is 10.1 Å². The summed E-state index contributed by atoms with van der Waals surface area (Å²) in [6, 6.07) is 5.04. The molecule has 1 aliphatic rings. The minimum Gasteiger partial charge on any atom is -0.495 e. The van der Waals surface area contributed by atoms with Crippen molar-refractivity contribution in [2.75, 3.05) is 12.4 Å². The fourth-order valence-corrected chi connectivity index (χ4v) is 2.21. The molecule has 0 spiro atoms. The normalized spacial score (nSPS) is 15.8. The zero-order valence-corrected chi connectivity index (χ0v) is 9.81. The molecule has 1 saturated carbocycles. The Morgan fingerprint density at radius 1 is 1.41 bits per heavy atom. The Balaban J connectivity index is 2.21. The van der Waals surface area contributed by atoms with Crippen LogP contribution in [0.2, 0.25) is 0 Å². The lowest BCUT2D eigenvalue weighted by atomic mass is 10.2. The molecule has 1 N–H and O–H groups in total. The topological polar surface area (TPSA) is 64.4 Å². The van der Waals surface area contributed by atoms with E-state index in [1.807, 2.05) is 0 Å². The van der Waals surface area contributed by atoms with E-state index in [-0.39, 0.29) is 10.6 Å². The van der Waals surface area contributed by atoms with Crippen LogP contribution in [0.5, 0.6) is 5.75 Å². The fraction of sp³-hybridized carbons (Fsp3) is 0.500. The number of non-ortho nitro benzene ring substituents is 1. The van der Waals surface area contributed by atoms with Crippen LogP contribution in [0.1, 0.15) is 25.7 Å². The minimum absolute atomic E-state index is 0.0892. The maximum atomic E-state index is 10.7. The summed E-state index contributed by atoms with van der Waals surface area (Å²) in [5.41, 5.74) is 0.805. The lowest BCUT2D eigenvalue weighted by Crippen LogP contribution is -2.15. The quantitative estimate of drug-likeness (QED) is 0.644. The van der Waals surface area contributed by atoms with Gasteiger partial charge in [0.25, 0.3) is 5.69 Å². The molecule has 1 aliphatic carbocycles. The molecule has 17 heavy (non-hydrogen) atoms. The standard InChI is InChI=1S/C12H16N2O3/c1-17-12-7-6-10(14(15)16)8-11(12)13-9-4-2-3-5-9/h6-9,13H,2-5H2,1H3.